The maximum Gasteiger partial charge on any atom is 0.329 e. The summed E-state index contributed by atoms with van der Waals surface area (Å²) in [6, 6.07) is 13.3. The third kappa shape index (κ3) is 4.27. The molecule has 96 valence electrons. The molecular formula is C14H16O4. The molecule has 3 N–H and O–H groups in total. The Labute approximate surface area is 105 Å². The van der Waals surface area contributed by atoms with Crippen molar-refractivity contribution < 1.29 is 20.1 Å². The zero-order valence-electron chi connectivity index (χ0n) is 10.1. The molecule has 0 aliphatic carbocycles. The monoisotopic (exact) mass is 248 g/mol. The first-order valence-electron chi connectivity index (χ1n) is 5.06. The number of aromatic hydroxyl groups is 1. The number of phenolic OH excluding ortho intramolecular Hbond substituents is 1. The summed E-state index contributed by atoms with van der Waals surface area (Å²) in [6.45, 7) is 3.16. The lowest BCUT2D eigenvalue weighted by atomic mass is 10.1. The van der Waals surface area contributed by atoms with Crippen LogP contribution in [0.4, 0.5) is 0 Å². The van der Waals surface area contributed by atoms with Gasteiger partial charge < -0.3 is 15.3 Å². The van der Waals surface area contributed by atoms with Gasteiger partial charge in [-0.25, -0.2) is 4.79 Å². The number of hydrogen-bond acceptors (Lipinski definition) is 3. The molecule has 0 saturated heterocycles. The first-order valence-corrected chi connectivity index (χ1v) is 5.06. The number of carbonyl (C=O) groups excluding carboxylic acids is 1. The molecule has 0 radical (unpaired) electrons. The molecule has 0 heterocycles. The summed E-state index contributed by atoms with van der Waals surface area (Å²) >= 11 is 0. The van der Waals surface area contributed by atoms with Gasteiger partial charge in [0, 0.05) is 11.5 Å². The molecule has 0 spiro atoms. The van der Waals surface area contributed by atoms with Gasteiger partial charge >= 0.3 is 5.97 Å². The topological polar surface area (TPSA) is 78.0 Å². The van der Waals surface area contributed by atoms with E-state index in [2.05, 4.69) is 11.3 Å². The second-order valence-electron chi connectivity index (χ2n) is 3.23. The van der Waals surface area contributed by atoms with Crippen LogP contribution in [0, 0.1) is 0 Å². The molecule has 2 rings (SSSR count). The number of ether oxygens (including phenoxy) is 1. The molecule has 0 aliphatic heterocycles. The quantitative estimate of drug-likeness (QED) is 0.619. The molecule has 0 aliphatic rings. The van der Waals surface area contributed by atoms with Crippen LogP contribution in [-0.4, -0.2) is 23.7 Å². The van der Waals surface area contributed by atoms with Crippen LogP contribution in [0.15, 0.2) is 55.1 Å². The molecule has 0 fully saturated rings. The highest BCUT2D eigenvalue weighted by Crippen LogP contribution is 2.22. The summed E-state index contributed by atoms with van der Waals surface area (Å²) in [5.74, 6) is -0.0434. The number of esters is 1. The van der Waals surface area contributed by atoms with Crippen molar-refractivity contribution in [2.75, 3.05) is 7.11 Å². The first-order chi connectivity index (χ1) is 8.19. The van der Waals surface area contributed by atoms with Crippen LogP contribution >= 0.6 is 0 Å². The SMILES string of the molecule is C=CC(=O)OC.O.Oc1cccc2ccccc12. The summed E-state index contributed by atoms with van der Waals surface area (Å²) in [7, 11) is 1.31. The van der Waals surface area contributed by atoms with Crippen LogP contribution in [0.2, 0.25) is 0 Å². The second kappa shape index (κ2) is 7.86. The van der Waals surface area contributed by atoms with Crippen LogP contribution in [0.5, 0.6) is 5.75 Å². The van der Waals surface area contributed by atoms with Gasteiger partial charge in [-0.05, 0) is 11.5 Å². The first kappa shape index (κ1) is 15.7. The van der Waals surface area contributed by atoms with Gasteiger partial charge in [0.05, 0.1) is 7.11 Å². The largest absolute Gasteiger partial charge is 0.507 e. The fourth-order valence-electron chi connectivity index (χ4n) is 1.29. The molecule has 18 heavy (non-hydrogen) atoms. The van der Waals surface area contributed by atoms with E-state index in [4.69, 9.17) is 0 Å². The minimum atomic E-state index is -0.394. The van der Waals surface area contributed by atoms with Crippen molar-refractivity contribution >= 4 is 16.7 Å². The number of fused-ring (bicyclic) bond motifs is 1. The molecule has 2 aromatic carbocycles. The summed E-state index contributed by atoms with van der Waals surface area (Å²) in [5.41, 5.74) is 0. The maximum atomic E-state index is 9.84. The third-order valence-electron chi connectivity index (χ3n) is 2.13. The third-order valence-corrected chi connectivity index (χ3v) is 2.13. The lowest BCUT2D eigenvalue weighted by Crippen LogP contribution is -1.91. The summed E-state index contributed by atoms with van der Waals surface area (Å²) in [6.07, 6.45) is 1.11. The van der Waals surface area contributed by atoms with Gasteiger partial charge in [-0.1, -0.05) is 43.0 Å². The summed E-state index contributed by atoms with van der Waals surface area (Å²) in [4.78, 5) is 9.84. The van der Waals surface area contributed by atoms with Gasteiger partial charge in [-0.15, -0.1) is 0 Å². The van der Waals surface area contributed by atoms with Crippen molar-refractivity contribution in [3.63, 3.8) is 0 Å². The molecule has 4 nitrogen and oxygen atoms in total. The predicted molar refractivity (Wildman–Crippen MR) is 71.4 cm³/mol. The highest BCUT2D eigenvalue weighted by molar-refractivity contribution is 5.87. The van der Waals surface area contributed by atoms with E-state index in [1.807, 2.05) is 36.4 Å². The Morgan fingerprint density at radius 2 is 1.83 bits per heavy atom. The van der Waals surface area contributed by atoms with Crippen LogP contribution in [0.25, 0.3) is 10.8 Å². The fraction of sp³-hybridized carbons (Fsp3) is 0.0714. The zero-order valence-corrected chi connectivity index (χ0v) is 10.1. The number of phenols is 1. The molecule has 0 unspecified atom stereocenters. The van der Waals surface area contributed by atoms with Crippen molar-refractivity contribution in [3.8, 4) is 5.75 Å². The van der Waals surface area contributed by atoms with E-state index in [0.29, 0.717) is 5.75 Å². The van der Waals surface area contributed by atoms with Gasteiger partial charge in [0.1, 0.15) is 5.75 Å². The van der Waals surface area contributed by atoms with Gasteiger partial charge in [-0.2, -0.15) is 0 Å². The maximum absolute atomic E-state index is 9.84. The van der Waals surface area contributed by atoms with Crippen LogP contribution in [0.1, 0.15) is 0 Å². The molecule has 0 bridgehead atoms. The molecule has 0 amide bonds. The highest BCUT2D eigenvalue weighted by Gasteiger charge is 1.94. The Hall–Kier alpha value is -2.33. The Bertz CT molecular complexity index is 515. The lowest BCUT2D eigenvalue weighted by Gasteiger charge is -1.97. The van der Waals surface area contributed by atoms with E-state index in [0.717, 1.165) is 16.8 Å². The van der Waals surface area contributed by atoms with Crippen LogP contribution in [-0.2, 0) is 9.53 Å². The molecular weight excluding hydrogens is 232 g/mol. The molecule has 2 aromatic rings. The van der Waals surface area contributed by atoms with Crippen molar-refractivity contribution in [2.24, 2.45) is 0 Å². The normalized spacial score (nSPS) is 8.50. The molecule has 0 aromatic heterocycles. The summed E-state index contributed by atoms with van der Waals surface area (Å²) in [5, 5.41) is 11.4. The number of methoxy groups -OCH3 is 1. The minimum Gasteiger partial charge on any atom is -0.507 e. The van der Waals surface area contributed by atoms with E-state index >= 15 is 0 Å². The fourth-order valence-corrected chi connectivity index (χ4v) is 1.29. The van der Waals surface area contributed by atoms with Crippen molar-refractivity contribution in [2.45, 2.75) is 0 Å². The van der Waals surface area contributed by atoms with Crippen molar-refractivity contribution in [3.05, 3.63) is 55.1 Å². The van der Waals surface area contributed by atoms with Crippen LogP contribution in [0.3, 0.4) is 0 Å². The zero-order chi connectivity index (χ0) is 12.7. The number of rotatable bonds is 1. The molecule has 0 atom stereocenters. The van der Waals surface area contributed by atoms with E-state index in [1.165, 1.54) is 7.11 Å². The van der Waals surface area contributed by atoms with Gasteiger partial charge in [0.25, 0.3) is 0 Å². The van der Waals surface area contributed by atoms with Crippen LogP contribution < -0.4 is 0 Å². The number of carbonyl (C=O) groups is 1. The number of benzene rings is 2. The lowest BCUT2D eigenvalue weighted by molar-refractivity contribution is -0.134. The Morgan fingerprint density at radius 1 is 1.22 bits per heavy atom. The van der Waals surface area contributed by atoms with Gasteiger partial charge in [0.2, 0.25) is 0 Å². The predicted octanol–water partition coefficient (Wildman–Crippen LogP) is 2.07. The Kier molecular flexibility index (Phi) is 6.85. The Morgan fingerprint density at radius 3 is 2.33 bits per heavy atom. The molecule has 4 heteroatoms. The Balaban J connectivity index is 0.000000362. The second-order valence-corrected chi connectivity index (χ2v) is 3.23. The van der Waals surface area contributed by atoms with E-state index in [1.54, 1.807) is 6.07 Å². The summed E-state index contributed by atoms with van der Waals surface area (Å²) < 4.78 is 4.14. The molecule has 0 saturated carbocycles. The minimum absolute atomic E-state index is 0. The highest BCUT2D eigenvalue weighted by atomic mass is 16.5. The van der Waals surface area contributed by atoms with E-state index in [9.17, 15) is 9.90 Å². The smallest absolute Gasteiger partial charge is 0.329 e. The number of hydrogen-bond donors (Lipinski definition) is 1. The van der Waals surface area contributed by atoms with E-state index < -0.39 is 5.97 Å². The standard InChI is InChI=1S/C10H8O.C4H6O2.H2O/c11-10-7-3-5-8-4-1-2-6-9(8)10;1-3-4(5)6-2;/h1-7,11H;3H,1H2,2H3;1H2. The average Bonchev–Trinajstić information content (AvgIpc) is 2.39. The van der Waals surface area contributed by atoms with Crippen molar-refractivity contribution in [1.82, 2.24) is 0 Å². The van der Waals surface area contributed by atoms with Crippen molar-refractivity contribution in [1.29, 1.82) is 0 Å². The van der Waals surface area contributed by atoms with Gasteiger partial charge in [0.15, 0.2) is 0 Å². The van der Waals surface area contributed by atoms with Gasteiger partial charge in [-0.3, -0.25) is 0 Å². The average molecular weight is 248 g/mol. The van der Waals surface area contributed by atoms with E-state index in [-0.39, 0.29) is 5.48 Å².